The van der Waals surface area contributed by atoms with E-state index in [2.05, 4.69) is 18.6 Å². The van der Waals surface area contributed by atoms with Gasteiger partial charge >= 0.3 is 0 Å². The van der Waals surface area contributed by atoms with Crippen molar-refractivity contribution in [2.24, 2.45) is 5.92 Å². The van der Waals surface area contributed by atoms with Gasteiger partial charge in [-0.05, 0) is 37.0 Å². The number of benzene rings is 1. The van der Waals surface area contributed by atoms with Crippen molar-refractivity contribution >= 4 is 10.0 Å². The van der Waals surface area contributed by atoms with Crippen molar-refractivity contribution in [1.82, 2.24) is 4.72 Å². The van der Waals surface area contributed by atoms with Crippen LogP contribution < -0.4 is 9.46 Å². The molecule has 0 aliphatic rings. The van der Waals surface area contributed by atoms with E-state index in [-0.39, 0.29) is 23.3 Å². The van der Waals surface area contributed by atoms with E-state index in [0.717, 1.165) is 12.8 Å². The molecular weight excluding hydrogens is 290 g/mol. The second kappa shape index (κ2) is 7.77. The molecule has 0 spiro atoms. The predicted molar refractivity (Wildman–Crippen MR) is 82.8 cm³/mol. The molecule has 0 fully saturated rings. The zero-order valence-electron chi connectivity index (χ0n) is 13.1. The molecule has 0 aromatic heterocycles. The van der Waals surface area contributed by atoms with Gasteiger partial charge in [-0.1, -0.05) is 26.3 Å². The summed E-state index contributed by atoms with van der Waals surface area (Å²) in [5, 5.41) is 9.10. The molecule has 2 N–H and O–H groups in total. The average molecular weight is 315 g/mol. The maximum absolute atomic E-state index is 12.4. The molecule has 1 aromatic carbocycles. The number of hydrogen-bond donors (Lipinski definition) is 2. The monoisotopic (exact) mass is 315 g/mol. The molecule has 120 valence electrons. The summed E-state index contributed by atoms with van der Waals surface area (Å²) < 4.78 is 32.7. The third kappa shape index (κ3) is 4.98. The number of aliphatic hydroxyl groups is 1. The summed E-state index contributed by atoms with van der Waals surface area (Å²) in [7, 11) is -2.22. The minimum atomic E-state index is -3.64. The molecule has 0 aliphatic heterocycles. The van der Waals surface area contributed by atoms with Crippen molar-refractivity contribution in [2.45, 2.75) is 51.2 Å². The van der Waals surface area contributed by atoms with Gasteiger partial charge < -0.3 is 9.84 Å². The van der Waals surface area contributed by atoms with Crippen LogP contribution in [0.15, 0.2) is 23.1 Å². The summed E-state index contributed by atoms with van der Waals surface area (Å²) >= 11 is 0. The van der Waals surface area contributed by atoms with E-state index in [9.17, 15) is 8.42 Å². The smallest absolute Gasteiger partial charge is 0.244 e. The van der Waals surface area contributed by atoms with Crippen molar-refractivity contribution in [2.75, 3.05) is 7.11 Å². The van der Waals surface area contributed by atoms with E-state index in [1.807, 2.05) is 6.92 Å². The van der Waals surface area contributed by atoms with Crippen LogP contribution in [-0.2, 0) is 16.6 Å². The summed E-state index contributed by atoms with van der Waals surface area (Å²) in [6, 6.07) is 4.43. The maximum atomic E-state index is 12.4. The quantitative estimate of drug-likeness (QED) is 0.772. The first kappa shape index (κ1) is 17.9. The van der Waals surface area contributed by atoms with Gasteiger partial charge in [-0.3, -0.25) is 0 Å². The molecule has 0 saturated heterocycles. The molecule has 1 rings (SSSR count). The van der Waals surface area contributed by atoms with Gasteiger partial charge in [0.1, 0.15) is 10.6 Å². The normalized spacial score (nSPS) is 14.7. The predicted octanol–water partition coefficient (Wildman–Crippen LogP) is 2.29. The van der Waals surface area contributed by atoms with Crippen LogP contribution in [0.3, 0.4) is 0 Å². The highest BCUT2D eigenvalue weighted by Gasteiger charge is 2.22. The van der Waals surface area contributed by atoms with Gasteiger partial charge in [0.2, 0.25) is 10.0 Å². The summed E-state index contributed by atoms with van der Waals surface area (Å²) in [4.78, 5) is 0.0956. The van der Waals surface area contributed by atoms with Crippen LogP contribution in [0.1, 0.15) is 39.2 Å². The zero-order chi connectivity index (χ0) is 16.0. The van der Waals surface area contributed by atoms with Crippen LogP contribution in [0, 0.1) is 5.92 Å². The first-order valence-electron chi connectivity index (χ1n) is 7.14. The lowest BCUT2D eigenvalue weighted by Gasteiger charge is -2.18. The number of ether oxygens (including phenoxy) is 1. The van der Waals surface area contributed by atoms with E-state index >= 15 is 0 Å². The number of sulfonamides is 1. The van der Waals surface area contributed by atoms with E-state index in [1.165, 1.54) is 19.2 Å². The van der Waals surface area contributed by atoms with Crippen LogP contribution in [0.4, 0.5) is 0 Å². The Morgan fingerprint density at radius 3 is 2.52 bits per heavy atom. The Bertz CT molecular complexity index is 557. The van der Waals surface area contributed by atoms with Crippen molar-refractivity contribution in [3.63, 3.8) is 0 Å². The number of aliphatic hydroxyl groups excluding tert-OH is 1. The van der Waals surface area contributed by atoms with Gasteiger partial charge in [0, 0.05) is 6.04 Å². The van der Waals surface area contributed by atoms with Crippen molar-refractivity contribution in [1.29, 1.82) is 0 Å². The summed E-state index contributed by atoms with van der Waals surface area (Å²) in [5.41, 5.74) is 0.610. The Labute approximate surface area is 127 Å². The molecule has 0 saturated carbocycles. The van der Waals surface area contributed by atoms with Gasteiger partial charge in [-0.25, -0.2) is 13.1 Å². The Balaban J connectivity index is 2.97. The number of rotatable bonds is 8. The lowest BCUT2D eigenvalue weighted by molar-refractivity contribution is 0.280. The molecule has 5 nitrogen and oxygen atoms in total. The Morgan fingerprint density at radius 2 is 2.00 bits per heavy atom. The first-order chi connectivity index (χ1) is 9.83. The highest BCUT2D eigenvalue weighted by molar-refractivity contribution is 7.89. The van der Waals surface area contributed by atoms with E-state index in [1.54, 1.807) is 6.07 Å². The molecule has 6 heteroatoms. The maximum Gasteiger partial charge on any atom is 0.244 e. The number of methoxy groups -OCH3 is 1. The van der Waals surface area contributed by atoms with Crippen LogP contribution >= 0.6 is 0 Å². The highest BCUT2D eigenvalue weighted by Crippen LogP contribution is 2.25. The van der Waals surface area contributed by atoms with Crippen molar-refractivity contribution < 1.29 is 18.3 Å². The van der Waals surface area contributed by atoms with Crippen LogP contribution in [0.5, 0.6) is 5.75 Å². The summed E-state index contributed by atoms with van der Waals surface area (Å²) in [6.45, 7) is 5.89. The summed E-state index contributed by atoms with van der Waals surface area (Å²) in [6.07, 6.45) is 1.80. The van der Waals surface area contributed by atoms with Gasteiger partial charge in [0.15, 0.2) is 0 Å². The molecule has 0 aliphatic carbocycles. The Hall–Kier alpha value is -1.11. The van der Waals surface area contributed by atoms with Gasteiger partial charge in [-0.2, -0.15) is 0 Å². The van der Waals surface area contributed by atoms with E-state index < -0.39 is 10.0 Å². The molecule has 21 heavy (non-hydrogen) atoms. The topological polar surface area (TPSA) is 75.6 Å². The largest absolute Gasteiger partial charge is 0.495 e. The number of hydrogen-bond acceptors (Lipinski definition) is 4. The molecule has 0 bridgehead atoms. The lowest BCUT2D eigenvalue weighted by atomic mass is 10.0. The van der Waals surface area contributed by atoms with Crippen LogP contribution in [-0.4, -0.2) is 26.7 Å². The van der Waals surface area contributed by atoms with Crippen LogP contribution in [0.25, 0.3) is 0 Å². The summed E-state index contributed by atoms with van der Waals surface area (Å²) in [5.74, 6) is 0.700. The lowest BCUT2D eigenvalue weighted by Crippen LogP contribution is -2.34. The van der Waals surface area contributed by atoms with Gasteiger partial charge in [-0.15, -0.1) is 0 Å². The fourth-order valence-electron chi connectivity index (χ4n) is 2.18. The zero-order valence-corrected chi connectivity index (χ0v) is 13.9. The minimum absolute atomic E-state index is 0.0956. The molecule has 1 aromatic rings. The Kier molecular flexibility index (Phi) is 6.64. The average Bonchev–Trinajstić information content (AvgIpc) is 2.45. The fourth-order valence-corrected chi connectivity index (χ4v) is 3.59. The molecule has 2 unspecified atom stereocenters. The van der Waals surface area contributed by atoms with Crippen molar-refractivity contribution in [3.05, 3.63) is 23.8 Å². The molecular formula is C15H25NO4S. The van der Waals surface area contributed by atoms with Gasteiger partial charge in [0.05, 0.1) is 13.7 Å². The standard InChI is InChI=1S/C15H25NO4S/c1-5-11(2)8-12(3)16-21(18,19)15-7-6-13(10-17)9-14(15)20-4/h6-7,9,11-12,16-17H,5,8,10H2,1-4H3. The third-order valence-electron chi connectivity index (χ3n) is 3.51. The minimum Gasteiger partial charge on any atom is -0.495 e. The van der Waals surface area contributed by atoms with Crippen molar-refractivity contribution in [3.8, 4) is 5.75 Å². The van der Waals surface area contributed by atoms with Crippen LogP contribution in [0.2, 0.25) is 0 Å². The second-order valence-electron chi connectivity index (χ2n) is 5.41. The first-order valence-corrected chi connectivity index (χ1v) is 8.62. The third-order valence-corrected chi connectivity index (χ3v) is 5.14. The SMILES string of the molecule is CCC(C)CC(C)NS(=O)(=O)c1ccc(CO)cc1OC. The van der Waals surface area contributed by atoms with E-state index in [4.69, 9.17) is 9.84 Å². The second-order valence-corrected chi connectivity index (χ2v) is 7.10. The highest BCUT2D eigenvalue weighted by atomic mass is 32.2. The molecule has 2 atom stereocenters. The fraction of sp³-hybridized carbons (Fsp3) is 0.600. The van der Waals surface area contributed by atoms with E-state index in [0.29, 0.717) is 11.5 Å². The Morgan fingerprint density at radius 1 is 1.33 bits per heavy atom. The molecule has 0 radical (unpaired) electrons. The number of nitrogens with one attached hydrogen (secondary N) is 1. The van der Waals surface area contributed by atoms with Gasteiger partial charge in [0.25, 0.3) is 0 Å². The molecule has 0 amide bonds. The molecule has 0 heterocycles.